The van der Waals surface area contributed by atoms with Crippen LogP contribution in [-0.4, -0.2) is 80.1 Å². The van der Waals surface area contributed by atoms with Gasteiger partial charge in [-0.15, -0.1) is 10.2 Å². The summed E-state index contributed by atoms with van der Waals surface area (Å²) in [6.07, 6.45) is 1.81. The van der Waals surface area contributed by atoms with E-state index in [9.17, 15) is 4.79 Å². The van der Waals surface area contributed by atoms with E-state index in [0.29, 0.717) is 19.1 Å². The summed E-state index contributed by atoms with van der Waals surface area (Å²) < 4.78 is 7.22. The lowest BCUT2D eigenvalue weighted by Crippen LogP contribution is -2.49. The summed E-state index contributed by atoms with van der Waals surface area (Å²) in [7, 11) is 1.88. The molecule has 0 saturated carbocycles. The zero-order valence-corrected chi connectivity index (χ0v) is 22.8. The summed E-state index contributed by atoms with van der Waals surface area (Å²) in [4.78, 5) is 26.6. The summed E-state index contributed by atoms with van der Waals surface area (Å²) in [5.74, 6) is 2.11. The van der Waals surface area contributed by atoms with Gasteiger partial charge in [0, 0.05) is 38.9 Å². The van der Waals surface area contributed by atoms with E-state index in [1.165, 1.54) is 0 Å². The van der Waals surface area contributed by atoms with E-state index >= 15 is 0 Å². The number of carbonyl (C=O) groups excluding carboxylic acids is 1. The molecule has 4 heterocycles. The Labute approximate surface area is 225 Å². The summed E-state index contributed by atoms with van der Waals surface area (Å²) in [5, 5.41) is 21.8. The molecule has 1 unspecified atom stereocenters. The topological polar surface area (TPSA) is 126 Å². The lowest BCUT2D eigenvalue weighted by Gasteiger charge is -2.35. The molecule has 2 N–H and O–H groups in total. The Balaban J connectivity index is 1.22. The Kier molecular flexibility index (Phi) is 7.65. The van der Waals surface area contributed by atoms with Crippen LogP contribution in [-0.2, 0) is 11.8 Å². The standard InChI is InChI=1S/C25H32N10O2S/c1-5-37-19-8-6-18(7-9-19)28-21(36)15-34-10-12-35(13-11-34)23-20-14-26-33(4)22(20)29-25(30-23)27-16(2)24-32-31-17(3)38-24/h6-9,14,16H,5,10-13,15H2,1-4H3,(H,28,36)(H,27,29,30). The molecule has 3 aromatic heterocycles. The lowest BCUT2D eigenvalue weighted by molar-refractivity contribution is -0.117. The third-order valence-corrected chi connectivity index (χ3v) is 7.34. The predicted octanol–water partition coefficient (Wildman–Crippen LogP) is 2.86. The number of benzene rings is 1. The molecule has 200 valence electrons. The molecule has 0 aliphatic carbocycles. The molecule has 1 fully saturated rings. The maximum Gasteiger partial charge on any atom is 0.238 e. The highest BCUT2D eigenvalue weighted by Crippen LogP contribution is 2.28. The minimum atomic E-state index is -0.0783. The SMILES string of the molecule is CCOc1ccc(NC(=O)CN2CCN(c3nc(NC(C)c4nnc(C)s4)nc4c3cnn4C)CC2)cc1. The van der Waals surface area contributed by atoms with Gasteiger partial charge < -0.3 is 20.3 Å². The minimum absolute atomic E-state index is 0.0355. The van der Waals surface area contributed by atoms with Crippen LogP contribution >= 0.6 is 11.3 Å². The van der Waals surface area contributed by atoms with Crippen LogP contribution in [0.2, 0.25) is 0 Å². The Morgan fingerprint density at radius 3 is 2.58 bits per heavy atom. The number of hydrogen-bond acceptors (Lipinski definition) is 11. The third-order valence-electron chi connectivity index (χ3n) is 6.32. The zero-order chi connectivity index (χ0) is 26.6. The molecule has 13 heteroatoms. The third kappa shape index (κ3) is 5.83. The van der Waals surface area contributed by atoms with E-state index in [4.69, 9.17) is 14.7 Å². The molecule has 1 aromatic carbocycles. The summed E-state index contributed by atoms with van der Waals surface area (Å²) in [6.45, 7) is 9.81. The zero-order valence-electron chi connectivity index (χ0n) is 22.0. The Bertz CT molecular complexity index is 1400. The maximum absolute atomic E-state index is 12.6. The maximum atomic E-state index is 12.6. The van der Waals surface area contributed by atoms with Gasteiger partial charge in [0.15, 0.2) is 5.65 Å². The van der Waals surface area contributed by atoms with Crippen molar-refractivity contribution in [2.45, 2.75) is 26.8 Å². The monoisotopic (exact) mass is 536 g/mol. The second-order valence-electron chi connectivity index (χ2n) is 9.17. The van der Waals surface area contributed by atoms with Gasteiger partial charge in [-0.2, -0.15) is 15.1 Å². The van der Waals surface area contributed by atoms with Gasteiger partial charge in [0.2, 0.25) is 11.9 Å². The summed E-state index contributed by atoms with van der Waals surface area (Å²) >= 11 is 1.55. The van der Waals surface area contributed by atoms with E-state index in [0.717, 1.165) is 64.5 Å². The molecule has 1 aliphatic rings. The number of piperazine rings is 1. The minimum Gasteiger partial charge on any atom is -0.494 e. The average molecular weight is 537 g/mol. The van der Waals surface area contributed by atoms with E-state index in [1.54, 1.807) is 16.0 Å². The van der Waals surface area contributed by atoms with Crippen molar-refractivity contribution >= 4 is 45.7 Å². The second-order valence-corrected chi connectivity index (χ2v) is 10.4. The van der Waals surface area contributed by atoms with Crippen LogP contribution in [0, 0.1) is 6.92 Å². The van der Waals surface area contributed by atoms with E-state index in [-0.39, 0.29) is 11.9 Å². The van der Waals surface area contributed by atoms with Gasteiger partial charge in [-0.25, -0.2) is 0 Å². The quantitative estimate of drug-likeness (QED) is 0.330. The predicted molar refractivity (Wildman–Crippen MR) is 148 cm³/mol. The molecule has 1 aliphatic heterocycles. The van der Waals surface area contributed by atoms with Gasteiger partial charge in [-0.05, 0) is 45.0 Å². The highest BCUT2D eigenvalue weighted by molar-refractivity contribution is 7.11. The van der Waals surface area contributed by atoms with Crippen LogP contribution in [0.3, 0.4) is 0 Å². The number of aromatic nitrogens is 6. The molecule has 1 atom stereocenters. The molecular weight excluding hydrogens is 504 g/mol. The Morgan fingerprint density at radius 1 is 1.13 bits per heavy atom. The van der Waals surface area contributed by atoms with Gasteiger partial charge in [0.05, 0.1) is 30.8 Å². The average Bonchev–Trinajstić information content (AvgIpc) is 3.51. The van der Waals surface area contributed by atoms with Crippen molar-refractivity contribution in [1.29, 1.82) is 0 Å². The number of fused-ring (bicyclic) bond motifs is 1. The van der Waals surface area contributed by atoms with Crippen LogP contribution in [0.25, 0.3) is 11.0 Å². The molecule has 38 heavy (non-hydrogen) atoms. The number of anilines is 3. The largest absolute Gasteiger partial charge is 0.494 e. The van der Waals surface area contributed by atoms with Crippen molar-refractivity contribution in [3.8, 4) is 5.75 Å². The highest BCUT2D eigenvalue weighted by atomic mass is 32.1. The number of nitrogens with zero attached hydrogens (tertiary/aromatic N) is 8. The van der Waals surface area contributed by atoms with Crippen LogP contribution in [0.1, 0.15) is 29.9 Å². The van der Waals surface area contributed by atoms with Crippen molar-refractivity contribution in [3.63, 3.8) is 0 Å². The molecule has 0 radical (unpaired) electrons. The van der Waals surface area contributed by atoms with Crippen molar-refractivity contribution in [2.24, 2.45) is 7.05 Å². The summed E-state index contributed by atoms with van der Waals surface area (Å²) in [5.41, 5.74) is 1.52. The number of hydrogen-bond donors (Lipinski definition) is 2. The van der Waals surface area contributed by atoms with Crippen molar-refractivity contribution in [2.75, 3.05) is 54.9 Å². The Morgan fingerprint density at radius 2 is 1.89 bits per heavy atom. The lowest BCUT2D eigenvalue weighted by atomic mass is 10.2. The fourth-order valence-electron chi connectivity index (χ4n) is 4.38. The van der Waals surface area contributed by atoms with E-state index in [1.807, 2.05) is 58.3 Å². The Hall–Kier alpha value is -3.84. The molecule has 0 bridgehead atoms. The number of carbonyl (C=O) groups is 1. The van der Waals surface area contributed by atoms with Crippen LogP contribution in [0.5, 0.6) is 5.75 Å². The number of nitrogens with one attached hydrogen (secondary N) is 2. The van der Waals surface area contributed by atoms with Gasteiger partial charge in [-0.1, -0.05) is 11.3 Å². The number of aryl methyl sites for hydroxylation is 2. The van der Waals surface area contributed by atoms with Gasteiger partial charge in [0.25, 0.3) is 0 Å². The van der Waals surface area contributed by atoms with Crippen LogP contribution < -0.4 is 20.3 Å². The fraction of sp³-hybridized carbons (Fsp3) is 0.440. The number of amides is 1. The molecule has 5 rings (SSSR count). The number of ether oxygens (including phenoxy) is 1. The molecule has 12 nitrogen and oxygen atoms in total. The summed E-state index contributed by atoms with van der Waals surface area (Å²) in [6, 6.07) is 7.35. The first-order chi connectivity index (χ1) is 18.4. The van der Waals surface area contributed by atoms with Crippen molar-refractivity contribution in [3.05, 3.63) is 40.5 Å². The first-order valence-corrected chi connectivity index (χ1v) is 13.5. The van der Waals surface area contributed by atoms with Gasteiger partial charge in [-0.3, -0.25) is 14.4 Å². The van der Waals surface area contributed by atoms with Crippen molar-refractivity contribution in [1.82, 2.24) is 34.8 Å². The normalized spacial score (nSPS) is 15.0. The van der Waals surface area contributed by atoms with Crippen LogP contribution in [0.15, 0.2) is 30.5 Å². The first-order valence-electron chi connectivity index (χ1n) is 12.7. The number of rotatable bonds is 9. The highest BCUT2D eigenvalue weighted by Gasteiger charge is 2.24. The molecule has 0 spiro atoms. The second kappa shape index (κ2) is 11.3. The molecule has 4 aromatic rings. The van der Waals surface area contributed by atoms with E-state index in [2.05, 4.69) is 35.7 Å². The van der Waals surface area contributed by atoms with Crippen LogP contribution in [0.4, 0.5) is 17.5 Å². The molecule has 1 saturated heterocycles. The van der Waals surface area contributed by atoms with Gasteiger partial charge in [0.1, 0.15) is 21.6 Å². The smallest absolute Gasteiger partial charge is 0.238 e. The fourth-order valence-corrected chi connectivity index (χ4v) is 5.08. The molecule has 1 amide bonds. The van der Waals surface area contributed by atoms with Gasteiger partial charge >= 0.3 is 0 Å². The van der Waals surface area contributed by atoms with E-state index < -0.39 is 0 Å². The van der Waals surface area contributed by atoms with Crippen molar-refractivity contribution < 1.29 is 9.53 Å². The first kappa shape index (κ1) is 25.8. The molecular formula is C25H32N10O2S.